The predicted octanol–water partition coefficient (Wildman–Crippen LogP) is 4.89. The molecule has 0 aliphatic heterocycles. The highest BCUT2D eigenvalue weighted by molar-refractivity contribution is 5.69. The van der Waals surface area contributed by atoms with Gasteiger partial charge in [-0.2, -0.15) is 5.26 Å². The minimum atomic E-state index is -1.16. The van der Waals surface area contributed by atoms with Crippen LogP contribution in [0.2, 0.25) is 0 Å². The van der Waals surface area contributed by atoms with Crippen LogP contribution in [-0.2, 0) is 33.8 Å². The zero-order valence-electron chi connectivity index (χ0n) is 18.5. The van der Waals surface area contributed by atoms with Gasteiger partial charge in [-0.05, 0) is 23.1 Å². The van der Waals surface area contributed by atoms with Crippen molar-refractivity contribution in [2.24, 2.45) is 0 Å². The van der Waals surface area contributed by atoms with Crippen molar-refractivity contribution in [3.05, 3.63) is 108 Å². The summed E-state index contributed by atoms with van der Waals surface area (Å²) >= 11 is 0. The first-order valence-electron chi connectivity index (χ1n) is 10.7. The maximum absolute atomic E-state index is 13.3. The zero-order chi connectivity index (χ0) is 23.5. The number of carbonyl (C=O) groups is 2. The number of benzene rings is 3. The second-order valence-electron chi connectivity index (χ2n) is 7.57. The van der Waals surface area contributed by atoms with E-state index in [1.165, 1.54) is 11.8 Å². The molecule has 0 saturated heterocycles. The van der Waals surface area contributed by atoms with Crippen molar-refractivity contribution < 1.29 is 19.1 Å². The number of amides is 1. The monoisotopic (exact) mass is 442 g/mol. The smallest absolute Gasteiger partial charge is 0.410 e. The van der Waals surface area contributed by atoms with Crippen LogP contribution in [0.1, 0.15) is 23.6 Å². The van der Waals surface area contributed by atoms with Gasteiger partial charge >= 0.3 is 12.1 Å². The molecule has 0 aromatic heterocycles. The van der Waals surface area contributed by atoms with Crippen LogP contribution < -0.4 is 0 Å². The van der Waals surface area contributed by atoms with Crippen LogP contribution in [0.4, 0.5) is 4.79 Å². The Morgan fingerprint density at radius 1 is 0.848 bits per heavy atom. The maximum Gasteiger partial charge on any atom is 0.410 e. The lowest BCUT2D eigenvalue weighted by atomic mass is 9.99. The van der Waals surface area contributed by atoms with Gasteiger partial charge in [0, 0.05) is 13.5 Å². The molecule has 2 atom stereocenters. The van der Waals surface area contributed by atoms with Gasteiger partial charge in [0.15, 0.2) is 0 Å². The van der Waals surface area contributed by atoms with Gasteiger partial charge in [-0.3, -0.25) is 9.69 Å². The molecule has 6 heteroatoms. The molecule has 0 aliphatic carbocycles. The van der Waals surface area contributed by atoms with Crippen molar-refractivity contribution in [2.45, 2.75) is 38.6 Å². The Hall–Kier alpha value is -4.11. The average molecular weight is 443 g/mol. The number of ether oxygens (including phenoxy) is 2. The van der Waals surface area contributed by atoms with E-state index in [0.29, 0.717) is 6.42 Å². The molecule has 3 rings (SSSR count). The van der Waals surface area contributed by atoms with Crippen LogP contribution in [0.3, 0.4) is 0 Å². The molecule has 3 aromatic rings. The van der Waals surface area contributed by atoms with Crippen LogP contribution in [-0.4, -0.2) is 29.1 Å². The van der Waals surface area contributed by atoms with Gasteiger partial charge in [0.1, 0.15) is 12.7 Å². The molecule has 6 nitrogen and oxygen atoms in total. The Balaban J connectivity index is 1.92. The van der Waals surface area contributed by atoms with Crippen LogP contribution in [0.5, 0.6) is 0 Å². The van der Waals surface area contributed by atoms with Gasteiger partial charge in [-0.1, -0.05) is 91.0 Å². The van der Waals surface area contributed by atoms with Gasteiger partial charge in [0.2, 0.25) is 6.10 Å². The number of nitrogens with zero attached hydrogens (tertiary/aromatic N) is 2. The number of carbonyl (C=O) groups excluding carboxylic acids is 2. The third-order valence-electron chi connectivity index (χ3n) is 5.09. The highest BCUT2D eigenvalue weighted by Crippen LogP contribution is 2.20. The summed E-state index contributed by atoms with van der Waals surface area (Å²) in [5.74, 6) is -0.586. The van der Waals surface area contributed by atoms with Crippen LogP contribution in [0.25, 0.3) is 0 Å². The fourth-order valence-corrected chi connectivity index (χ4v) is 3.51. The first-order chi connectivity index (χ1) is 16.1. The molecule has 0 N–H and O–H groups in total. The van der Waals surface area contributed by atoms with E-state index in [9.17, 15) is 14.9 Å². The largest absolute Gasteiger partial charge is 0.445 e. The van der Waals surface area contributed by atoms with Gasteiger partial charge in [0.05, 0.1) is 6.04 Å². The van der Waals surface area contributed by atoms with E-state index in [0.717, 1.165) is 16.7 Å². The molecule has 0 heterocycles. The van der Waals surface area contributed by atoms with E-state index < -0.39 is 24.2 Å². The molecular formula is C27H26N2O4. The molecular weight excluding hydrogens is 416 g/mol. The Kier molecular flexibility index (Phi) is 8.61. The molecule has 0 radical (unpaired) electrons. The van der Waals surface area contributed by atoms with Crippen LogP contribution >= 0.6 is 0 Å². The summed E-state index contributed by atoms with van der Waals surface area (Å²) in [6, 6.07) is 29.6. The van der Waals surface area contributed by atoms with E-state index in [-0.39, 0.29) is 13.2 Å². The Labute approximate surface area is 194 Å². The first-order valence-corrected chi connectivity index (χ1v) is 10.7. The molecule has 168 valence electrons. The topological polar surface area (TPSA) is 79.6 Å². The molecule has 3 aromatic carbocycles. The zero-order valence-corrected chi connectivity index (χ0v) is 18.5. The van der Waals surface area contributed by atoms with Crippen molar-refractivity contribution >= 4 is 12.1 Å². The van der Waals surface area contributed by atoms with E-state index >= 15 is 0 Å². The maximum atomic E-state index is 13.3. The number of esters is 1. The third kappa shape index (κ3) is 7.22. The Morgan fingerprint density at radius 3 is 1.88 bits per heavy atom. The minimum absolute atomic E-state index is 0.0911. The number of hydrogen-bond donors (Lipinski definition) is 0. The van der Waals surface area contributed by atoms with Crippen LogP contribution in [0, 0.1) is 11.3 Å². The van der Waals surface area contributed by atoms with E-state index in [2.05, 4.69) is 6.07 Å². The van der Waals surface area contributed by atoms with Crippen molar-refractivity contribution in [1.82, 2.24) is 4.90 Å². The summed E-state index contributed by atoms with van der Waals surface area (Å²) in [4.78, 5) is 26.5. The lowest BCUT2D eigenvalue weighted by Crippen LogP contribution is -2.49. The summed E-state index contributed by atoms with van der Waals surface area (Å²) in [7, 11) is 0. The highest BCUT2D eigenvalue weighted by Gasteiger charge is 2.34. The van der Waals surface area contributed by atoms with E-state index in [1.54, 1.807) is 0 Å². The Bertz CT molecular complexity index is 1070. The average Bonchev–Trinajstić information content (AvgIpc) is 2.85. The molecule has 0 saturated carbocycles. The molecule has 0 aliphatic rings. The first kappa shape index (κ1) is 23.6. The van der Waals surface area contributed by atoms with Gasteiger partial charge in [0.25, 0.3) is 0 Å². The summed E-state index contributed by atoms with van der Waals surface area (Å²) in [6.07, 6.45) is -1.42. The molecule has 0 unspecified atom stereocenters. The lowest BCUT2D eigenvalue weighted by molar-refractivity contribution is -0.146. The number of hydrogen-bond acceptors (Lipinski definition) is 5. The van der Waals surface area contributed by atoms with Crippen molar-refractivity contribution in [3.8, 4) is 6.07 Å². The van der Waals surface area contributed by atoms with Crippen molar-refractivity contribution in [1.29, 1.82) is 5.26 Å². The number of nitriles is 1. The summed E-state index contributed by atoms with van der Waals surface area (Å²) < 4.78 is 10.9. The molecule has 0 spiro atoms. The summed E-state index contributed by atoms with van der Waals surface area (Å²) in [5, 5.41) is 9.82. The van der Waals surface area contributed by atoms with Crippen molar-refractivity contribution in [3.63, 3.8) is 0 Å². The molecule has 0 fully saturated rings. The third-order valence-corrected chi connectivity index (χ3v) is 5.09. The standard InChI is InChI=1S/C27H26N2O4/c1-21(30)33-26(18-28)25(17-22-11-5-2-6-12-22)29(19-23-13-7-3-8-14-23)27(31)32-20-24-15-9-4-10-16-24/h2-16,25-26H,17,19-20H2,1H3/t25-,26+/m0/s1. The van der Waals surface area contributed by atoms with Gasteiger partial charge < -0.3 is 9.47 Å². The SMILES string of the molecule is CC(=O)O[C@H](C#N)[C@H](Cc1ccccc1)N(Cc1ccccc1)C(=O)OCc1ccccc1. The van der Waals surface area contributed by atoms with Gasteiger partial charge in [-0.15, -0.1) is 0 Å². The Morgan fingerprint density at radius 2 is 1.36 bits per heavy atom. The second-order valence-corrected chi connectivity index (χ2v) is 7.57. The predicted molar refractivity (Wildman–Crippen MR) is 124 cm³/mol. The quantitative estimate of drug-likeness (QED) is 0.441. The summed E-state index contributed by atoms with van der Waals surface area (Å²) in [5.41, 5.74) is 2.62. The molecule has 1 amide bonds. The van der Waals surface area contributed by atoms with Crippen LogP contribution in [0.15, 0.2) is 91.0 Å². The fraction of sp³-hybridized carbons (Fsp3) is 0.222. The minimum Gasteiger partial charge on any atom is -0.445 e. The fourth-order valence-electron chi connectivity index (χ4n) is 3.51. The molecule has 0 bridgehead atoms. The summed E-state index contributed by atoms with van der Waals surface area (Å²) in [6.45, 7) is 1.54. The molecule has 33 heavy (non-hydrogen) atoms. The van der Waals surface area contributed by atoms with E-state index in [1.807, 2.05) is 91.0 Å². The van der Waals surface area contributed by atoms with Gasteiger partial charge in [-0.25, -0.2) is 4.79 Å². The second kappa shape index (κ2) is 12.1. The van der Waals surface area contributed by atoms with Crippen molar-refractivity contribution in [2.75, 3.05) is 0 Å². The highest BCUT2D eigenvalue weighted by atomic mass is 16.6. The van der Waals surface area contributed by atoms with E-state index in [4.69, 9.17) is 9.47 Å². The normalized spacial score (nSPS) is 12.1. The lowest BCUT2D eigenvalue weighted by Gasteiger charge is -2.33. The number of rotatable bonds is 9.